The summed E-state index contributed by atoms with van der Waals surface area (Å²) in [6.07, 6.45) is 12.6. The maximum absolute atomic E-state index is 11.1. The molecule has 0 aromatic heterocycles. The van der Waals surface area contributed by atoms with Gasteiger partial charge in [-0.15, -0.1) is 0 Å². The average molecular weight is 605 g/mol. The summed E-state index contributed by atoms with van der Waals surface area (Å²) in [5, 5.41) is 0. The average Bonchev–Trinajstić information content (AvgIpc) is 2.98. The Morgan fingerprint density at radius 2 is 1.18 bits per heavy atom. The lowest BCUT2D eigenvalue weighted by molar-refractivity contribution is 0.101. The predicted molar refractivity (Wildman–Crippen MR) is 196 cm³/mol. The molecular formula is C41H64O3. The Labute approximate surface area is 272 Å². The molecule has 0 aliphatic carbocycles. The topological polar surface area (TPSA) is 35.5 Å². The maximum atomic E-state index is 11.1. The number of benzene rings is 3. The van der Waals surface area contributed by atoms with E-state index >= 15 is 0 Å². The van der Waals surface area contributed by atoms with Gasteiger partial charge in [-0.05, 0) is 106 Å². The molecule has 246 valence electrons. The minimum absolute atomic E-state index is 0. The second-order valence-corrected chi connectivity index (χ2v) is 11.0. The standard InChI is InChI=1S/C14H22O2.C12H14O.C9H12.C5H12.CH4/c1-5-7-11-9-13(15-3)14(16-4)10-12(11)8-6-2;1-4-5-11-8-12(10(3)13)7-6-9(11)2;1-7-4-5-8(2)9(3)6-7;1-3-5-4-2;/h9-10H,5-8H2,1-4H3;4-8H,1-3H3;4-6H,1-3H3;3-5H2,1-2H3;1H4/b;5-4-;;;. The van der Waals surface area contributed by atoms with E-state index in [1.165, 1.54) is 52.6 Å². The highest BCUT2D eigenvalue weighted by molar-refractivity contribution is 5.94. The van der Waals surface area contributed by atoms with Gasteiger partial charge in [-0.3, -0.25) is 4.79 Å². The lowest BCUT2D eigenvalue weighted by atomic mass is 9.99. The van der Waals surface area contributed by atoms with Gasteiger partial charge >= 0.3 is 0 Å². The molecule has 3 aromatic rings. The van der Waals surface area contributed by atoms with Crippen LogP contribution in [0.5, 0.6) is 11.5 Å². The summed E-state index contributed by atoms with van der Waals surface area (Å²) >= 11 is 0. The molecule has 0 aliphatic heterocycles. The fourth-order valence-corrected chi connectivity index (χ4v) is 4.43. The summed E-state index contributed by atoms with van der Waals surface area (Å²) in [5.74, 6) is 1.79. The van der Waals surface area contributed by atoms with Gasteiger partial charge < -0.3 is 9.47 Å². The highest BCUT2D eigenvalue weighted by atomic mass is 16.5. The number of methoxy groups -OCH3 is 2. The third-order valence-corrected chi connectivity index (χ3v) is 7.15. The van der Waals surface area contributed by atoms with Crippen LogP contribution in [0, 0.1) is 27.7 Å². The Kier molecular flexibility index (Phi) is 24.4. The van der Waals surface area contributed by atoms with Crippen molar-refractivity contribution in [3.8, 4) is 11.5 Å². The fourth-order valence-electron chi connectivity index (χ4n) is 4.43. The van der Waals surface area contributed by atoms with Gasteiger partial charge in [-0.25, -0.2) is 0 Å². The zero-order chi connectivity index (χ0) is 32.8. The van der Waals surface area contributed by atoms with Crippen molar-refractivity contribution in [3.63, 3.8) is 0 Å². The molecular weight excluding hydrogens is 540 g/mol. The number of rotatable bonds is 10. The largest absolute Gasteiger partial charge is 0.493 e. The molecule has 0 atom stereocenters. The number of ketones is 1. The van der Waals surface area contributed by atoms with Gasteiger partial charge in [0.2, 0.25) is 0 Å². The van der Waals surface area contributed by atoms with Crippen LogP contribution in [0.25, 0.3) is 6.08 Å². The Morgan fingerprint density at radius 1 is 0.682 bits per heavy atom. The van der Waals surface area contributed by atoms with Crippen LogP contribution in [-0.4, -0.2) is 20.0 Å². The van der Waals surface area contributed by atoms with Gasteiger partial charge in [-0.2, -0.15) is 0 Å². The van der Waals surface area contributed by atoms with Crippen molar-refractivity contribution >= 4 is 11.9 Å². The van der Waals surface area contributed by atoms with Crippen LogP contribution in [0.4, 0.5) is 0 Å². The summed E-state index contributed by atoms with van der Waals surface area (Å²) < 4.78 is 10.7. The van der Waals surface area contributed by atoms with Crippen LogP contribution in [0.15, 0.2) is 54.6 Å². The molecule has 0 aliphatic rings. The molecule has 44 heavy (non-hydrogen) atoms. The van der Waals surface area contributed by atoms with Crippen LogP contribution in [0.1, 0.15) is 130 Å². The summed E-state index contributed by atoms with van der Waals surface area (Å²) in [6, 6.07) is 16.5. The van der Waals surface area contributed by atoms with Crippen molar-refractivity contribution in [2.45, 2.75) is 122 Å². The van der Waals surface area contributed by atoms with E-state index in [9.17, 15) is 4.79 Å². The number of hydrogen-bond acceptors (Lipinski definition) is 3. The van der Waals surface area contributed by atoms with Gasteiger partial charge in [0.05, 0.1) is 14.2 Å². The first-order chi connectivity index (χ1) is 20.5. The van der Waals surface area contributed by atoms with E-state index in [4.69, 9.17) is 9.47 Å². The molecule has 0 unspecified atom stereocenters. The van der Waals surface area contributed by atoms with Crippen LogP contribution in [0.2, 0.25) is 0 Å². The number of Topliss-reactive ketones (excluding diaryl/α,β-unsaturated/α-hetero) is 1. The minimum atomic E-state index is 0. The van der Waals surface area contributed by atoms with Crippen molar-refractivity contribution in [2.75, 3.05) is 14.2 Å². The molecule has 0 saturated carbocycles. The van der Waals surface area contributed by atoms with Crippen LogP contribution >= 0.6 is 0 Å². The van der Waals surface area contributed by atoms with E-state index in [1.54, 1.807) is 21.1 Å². The molecule has 0 fully saturated rings. The van der Waals surface area contributed by atoms with Crippen molar-refractivity contribution in [3.05, 3.63) is 99.1 Å². The summed E-state index contributed by atoms with van der Waals surface area (Å²) in [7, 11) is 3.38. The first-order valence-corrected chi connectivity index (χ1v) is 16.0. The third-order valence-electron chi connectivity index (χ3n) is 7.15. The van der Waals surface area contributed by atoms with E-state index < -0.39 is 0 Å². The summed E-state index contributed by atoms with van der Waals surface area (Å²) in [5.41, 5.74) is 9.98. The van der Waals surface area contributed by atoms with Crippen molar-refractivity contribution in [1.29, 1.82) is 0 Å². The molecule has 0 bridgehead atoms. The Hall–Kier alpha value is -3.33. The number of allylic oxidation sites excluding steroid dienone is 1. The Bertz CT molecular complexity index is 1200. The van der Waals surface area contributed by atoms with Crippen LogP contribution in [-0.2, 0) is 12.8 Å². The van der Waals surface area contributed by atoms with E-state index in [0.29, 0.717) is 0 Å². The highest BCUT2D eigenvalue weighted by Crippen LogP contribution is 2.31. The first-order valence-electron chi connectivity index (χ1n) is 16.0. The van der Waals surface area contributed by atoms with E-state index in [2.05, 4.69) is 78.8 Å². The molecule has 0 spiro atoms. The number of carbonyl (C=O) groups excluding carboxylic acids is 1. The van der Waals surface area contributed by atoms with Gasteiger partial charge in [0.1, 0.15) is 0 Å². The van der Waals surface area contributed by atoms with Crippen LogP contribution in [0.3, 0.4) is 0 Å². The second kappa shape index (κ2) is 25.0. The molecule has 3 nitrogen and oxygen atoms in total. The van der Waals surface area contributed by atoms with Crippen LogP contribution < -0.4 is 9.47 Å². The molecule has 0 N–H and O–H groups in total. The normalized spacial score (nSPS) is 9.82. The Balaban J connectivity index is 0. The van der Waals surface area contributed by atoms with Crippen molar-refractivity contribution in [2.24, 2.45) is 0 Å². The highest BCUT2D eigenvalue weighted by Gasteiger charge is 2.10. The number of aryl methyl sites for hydroxylation is 6. The number of unbranched alkanes of at least 4 members (excludes halogenated alkanes) is 2. The van der Waals surface area contributed by atoms with E-state index in [0.717, 1.165) is 48.3 Å². The van der Waals surface area contributed by atoms with E-state index in [-0.39, 0.29) is 13.2 Å². The van der Waals surface area contributed by atoms with Crippen molar-refractivity contribution in [1.82, 2.24) is 0 Å². The SMILES string of the molecule is C.C/C=C\c1cc(C(C)=O)ccc1C.CCCCC.CCCc1cc(OC)c(OC)cc1CCC.Cc1ccc(C)c(C)c1. The zero-order valence-corrected chi connectivity index (χ0v) is 29.4. The molecule has 3 aromatic carbocycles. The predicted octanol–water partition coefficient (Wildman–Crippen LogP) is 12.3. The summed E-state index contributed by atoms with van der Waals surface area (Å²) in [4.78, 5) is 11.1. The molecule has 3 rings (SSSR count). The molecule has 0 amide bonds. The van der Waals surface area contributed by atoms with Gasteiger partial charge in [0.25, 0.3) is 0 Å². The summed E-state index contributed by atoms with van der Waals surface area (Å²) in [6.45, 7) is 20.8. The number of carbonyl (C=O) groups is 1. The Morgan fingerprint density at radius 3 is 1.52 bits per heavy atom. The van der Waals surface area contributed by atoms with Gasteiger partial charge in [0, 0.05) is 5.56 Å². The van der Waals surface area contributed by atoms with Gasteiger partial charge in [-0.1, -0.05) is 115 Å². The fraction of sp³-hybridized carbons (Fsp3) is 0.488. The molecule has 0 radical (unpaired) electrons. The number of ether oxygens (including phenoxy) is 2. The third kappa shape index (κ3) is 16.5. The first kappa shape index (κ1) is 42.8. The lowest BCUT2D eigenvalue weighted by Crippen LogP contribution is -1.98. The maximum Gasteiger partial charge on any atom is 0.161 e. The molecule has 0 saturated heterocycles. The molecule has 0 heterocycles. The zero-order valence-electron chi connectivity index (χ0n) is 29.4. The monoisotopic (exact) mass is 604 g/mol. The number of hydrogen-bond donors (Lipinski definition) is 0. The van der Waals surface area contributed by atoms with E-state index in [1.807, 2.05) is 44.2 Å². The molecule has 3 heteroatoms. The minimum Gasteiger partial charge on any atom is -0.493 e. The van der Waals surface area contributed by atoms with Crippen molar-refractivity contribution < 1.29 is 14.3 Å². The second-order valence-electron chi connectivity index (χ2n) is 11.0. The van der Waals surface area contributed by atoms with Gasteiger partial charge in [0.15, 0.2) is 17.3 Å². The smallest absolute Gasteiger partial charge is 0.161 e. The quantitative estimate of drug-likeness (QED) is 0.216. The lowest BCUT2D eigenvalue weighted by Gasteiger charge is -2.14.